The highest BCUT2D eigenvalue weighted by Crippen LogP contribution is 2.23. The number of carbonyl (C=O) groups excluding carboxylic acids is 2. The molecule has 0 radical (unpaired) electrons. The fourth-order valence-corrected chi connectivity index (χ4v) is 2.64. The van der Waals surface area contributed by atoms with Gasteiger partial charge >= 0.3 is 0 Å². The van der Waals surface area contributed by atoms with E-state index in [-0.39, 0.29) is 19.0 Å². The number of para-hydroxylation sites is 1. The average Bonchev–Trinajstić information content (AvgIpc) is 3.14. The summed E-state index contributed by atoms with van der Waals surface area (Å²) in [4.78, 5) is 23.4. The first-order valence-electron chi connectivity index (χ1n) is 8.27. The summed E-state index contributed by atoms with van der Waals surface area (Å²) >= 11 is 5.88. The van der Waals surface area contributed by atoms with Crippen LogP contribution in [0.15, 0.2) is 65.1 Å². The number of hydrogen-bond donors (Lipinski definition) is 3. The monoisotopic (exact) mass is 383 g/mol. The van der Waals surface area contributed by atoms with Crippen molar-refractivity contribution in [2.24, 2.45) is 5.73 Å². The molecule has 0 saturated heterocycles. The number of hydrogen-bond acceptors (Lipinski definition) is 4. The number of carbonyl (C=O) groups is 2. The first-order chi connectivity index (χ1) is 13.0. The smallest absolute Gasteiger partial charge is 0.250 e. The zero-order chi connectivity index (χ0) is 19.2. The van der Waals surface area contributed by atoms with Crippen LogP contribution in [-0.2, 0) is 11.3 Å². The molecule has 138 valence electrons. The summed E-state index contributed by atoms with van der Waals surface area (Å²) in [5.41, 5.74) is 7.07. The Bertz CT molecular complexity index is 951. The van der Waals surface area contributed by atoms with Crippen LogP contribution in [-0.4, -0.2) is 18.4 Å². The van der Waals surface area contributed by atoms with Crippen LogP contribution in [0.5, 0.6) is 0 Å². The molecule has 1 heterocycles. The Balaban J connectivity index is 1.53. The number of amides is 2. The molecule has 0 unspecified atom stereocenters. The summed E-state index contributed by atoms with van der Waals surface area (Å²) in [6.45, 7) is 0.264. The molecule has 4 N–H and O–H groups in total. The third-order valence-electron chi connectivity index (χ3n) is 3.88. The van der Waals surface area contributed by atoms with Gasteiger partial charge in [-0.1, -0.05) is 23.7 Å². The number of halogens is 1. The van der Waals surface area contributed by atoms with Gasteiger partial charge in [0, 0.05) is 16.3 Å². The van der Waals surface area contributed by atoms with E-state index in [4.69, 9.17) is 21.8 Å². The van der Waals surface area contributed by atoms with Crippen LogP contribution >= 0.6 is 11.6 Å². The van der Waals surface area contributed by atoms with E-state index in [0.717, 1.165) is 5.56 Å². The van der Waals surface area contributed by atoms with E-state index in [1.54, 1.807) is 42.5 Å². The van der Waals surface area contributed by atoms with Gasteiger partial charge in [-0.15, -0.1) is 0 Å². The lowest BCUT2D eigenvalue weighted by Crippen LogP contribution is -2.29. The van der Waals surface area contributed by atoms with Gasteiger partial charge in [0.05, 0.1) is 18.7 Å². The maximum absolute atomic E-state index is 12.0. The number of benzene rings is 2. The van der Waals surface area contributed by atoms with Crippen molar-refractivity contribution in [1.82, 2.24) is 5.32 Å². The Labute approximate surface area is 161 Å². The maximum Gasteiger partial charge on any atom is 0.250 e. The minimum Gasteiger partial charge on any atom is -0.459 e. The van der Waals surface area contributed by atoms with Crippen LogP contribution in [0.2, 0.25) is 5.02 Å². The van der Waals surface area contributed by atoms with Crippen molar-refractivity contribution in [3.05, 3.63) is 77.0 Å². The van der Waals surface area contributed by atoms with E-state index in [2.05, 4.69) is 10.6 Å². The van der Waals surface area contributed by atoms with Crippen LogP contribution in [0.4, 0.5) is 5.69 Å². The van der Waals surface area contributed by atoms with Crippen molar-refractivity contribution in [2.75, 3.05) is 11.9 Å². The first kappa shape index (κ1) is 18.5. The van der Waals surface area contributed by atoms with E-state index < -0.39 is 5.91 Å². The van der Waals surface area contributed by atoms with Crippen molar-refractivity contribution in [2.45, 2.75) is 6.54 Å². The van der Waals surface area contributed by atoms with Crippen LogP contribution in [0.3, 0.4) is 0 Å². The number of anilines is 1. The Kier molecular flexibility index (Phi) is 5.78. The Morgan fingerprint density at radius 3 is 2.48 bits per heavy atom. The number of furan rings is 1. The molecular weight excluding hydrogens is 366 g/mol. The Hall–Kier alpha value is -3.25. The highest BCUT2D eigenvalue weighted by atomic mass is 35.5. The third-order valence-corrected chi connectivity index (χ3v) is 4.13. The van der Waals surface area contributed by atoms with Crippen LogP contribution < -0.4 is 16.4 Å². The standard InChI is InChI=1S/C20H18ClN3O3/c21-14-7-5-13(6-8-14)18-10-9-15(27-18)11-24-19(25)12-23-17-4-2-1-3-16(17)20(22)26/h1-10,23H,11-12H2,(H2,22,26)(H,24,25). The normalized spacial score (nSPS) is 10.4. The molecule has 1 aromatic heterocycles. The molecule has 0 fully saturated rings. The van der Waals surface area contributed by atoms with Crippen LogP contribution in [0.25, 0.3) is 11.3 Å². The molecule has 0 spiro atoms. The molecule has 0 aliphatic carbocycles. The molecule has 6 nitrogen and oxygen atoms in total. The van der Waals surface area contributed by atoms with Gasteiger partial charge in [-0.2, -0.15) is 0 Å². The highest BCUT2D eigenvalue weighted by Gasteiger charge is 2.10. The molecule has 0 aliphatic rings. The van der Waals surface area contributed by atoms with Gasteiger partial charge in [0.2, 0.25) is 5.91 Å². The molecule has 0 bridgehead atoms. The third kappa shape index (κ3) is 4.89. The summed E-state index contributed by atoms with van der Waals surface area (Å²) in [6, 6.07) is 17.7. The average molecular weight is 384 g/mol. The minimum absolute atomic E-state index is 0.00897. The van der Waals surface area contributed by atoms with E-state index in [9.17, 15) is 9.59 Å². The molecular formula is C20H18ClN3O3. The van der Waals surface area contributed by atoms with Gasteiger partial charge < -0.3 is 20.8 Å². The molecule has 3 rings (SSSR count). The lowest BCUT2D eigenvalue weighted by atomic mass is 10.1. The Morgan fingerprint density at radius 1 is 1.00 bits per heavy atom. The van der Waals surface area contributed by atoms with Gasteiger partial charge in [-0.25, -0.2) is 0 Å². The zero-order valence-corrected chi connectivity index (χ0v) is 15.1. The lowest BCUT2D eigenvalue weighted by molar-refractivity contribution is -0.119. The summed E-state index contributed by atoms with van der Waals surface area (Å²) < 4.78 is 5.73. The molecule has 0 atom stereocenters. The predicted octanol–water partition coefficient (Wildman–Crippen LogP) is 3.43. The minimum atomic E-state index is -0.552. The number of nitrogens with two attached hydrogens (primary N) is 1. The van der Waals surface area contributed by atoms with E-state index >= 15 is 0 Å². The van der Waals surface area contributed by atoms with Gasteiger partial charge in [0.25, 0.3) is 5.91 Å². The second kappa shape index (κ2) is 8.42. The molecule has 2 aromatic carbocycles. The van der Waals surface area contributed by atoms with Gasteiger partial charge in [0.15, 0.2) is 0 Å². The van der Waals surface area contributed by atoms with Crippen molar-refractivity contribution < 1.29 is 14.0 Å². The lowest BCUT2D eigenvalue weighted by Gasteiger charge is -2.09. The quantitative estimate of drug-likeness (QED) is 0.582. The van der Waals surface area contributed by atoms with Crippen molar-refractivity contribution >= 4 is 29.1 Å². The summed E-state index contributed by atoms with van der Waals surface area (Å²) in [6.07, 6.45) is 0. The molecule has 7 heteroatoms. The molecule has 0 aliphatic heterocycles. The highest BCUT2D eigenvalue weighted by molar-refractivity contribution is 6.30. The SMILES string of the molecule is NC(=O)c1ccccc1NCC(=O)NCc1ccc(-c2ccc(Cl)cc2)o1. The summed E-state index contributed by atoms with van der Waals surface area (Å²) in [5, 5.41) is 6.33. The van der Waals surface area contributed by atoms with E-state index in [1.807, 2.05) is 18.2 Å². The van der Waals surface area contributed by atoms with Crippen molar-refractivity contribution in [3.8, 4) is 11.3 Å². The Morgan fingerprint density at radius 2 is 1.74 bits per heavy atom. The topological polar surface area (TPSA) is 97.4 Å². The summed E-state index contributed by atoms with van der Waals surface area (Å²) in [5.74, 6) is 0.540. The summed E-state index contributed by atoms with van der Waals surface area (Å²) in [7, 11) is 0. The van der Waals surface area contributed by atoms with Crippen molar-refractivity contribution in [3.63, 3.8) is 0 Å². The second-order valence-electron chi connectivity index (χ2n) is 5.81. The molecule has 2 amide bonds. The van der Waals surface area contributed by atoms with Gasteiger partial charge in [-0.05, 0) is 48.5 Å². The van der Waals surface area contributed by atoms with Crippen molar-refractivity contribution in [1.29, 1.82) is 0 Å². The van der Waals surface area contributed by atoms with E-state index in [1.165, 1.54) is 0 Å². The fourth-order valence-electron chi connectivity index (χ4n) is 2.52. The number of nitrogens with one attached hydrogen (secondary N) is 2. The fraction of sp³-hybridized carbons (Fsp3) is 0.100. The predicted molar refractivity (Wildman–Crippen MR) is 104 cm³/mol. The first-order valence-corrected chi connectivity index (χ1v) is 8.65. The number of rotatable bonds is 7. The number of primary amides is 1. The van der Waals surface area contributed by atoms with Gasteiger partial charge in [0.1, 0.15) is 11.5 Å². The zero-order valence-electron chi connectivity index (χ0n) is 14.4. The largest absolute Gasteiger partial charge is 0.459 e. The van der Waals surface area contributed by atoms with Gasteiger partial charge in [-0.3, -0.25) is 9.59 Å². The van der Waals surface area contributed by atoms with Crippen LogP contribution in [0.1, 0.15) is 16.1 Å². The van der Waals surface area contributed by atoms with Crippen LogP contribution in [0, 0.1) is 0 Å². The second-order valence-corrected chi connectivity index (χ2v) is 6.25. The van der Waals surface area contributed by atoms with E-state index in [0.29, 0.717) is 27.8 Å². The maximum atomic E-state index is 12.0. The molecule has 27 heavy (non-hydrogen) atoms. The molecule has 0 saturated carbocycles. The molecule has 3 aromatic rings.